The number of rotatable bonds is 11. The van der Waals surface area contributed by atoms with Gasteiger partial charge in [0, 0.05) is 16.8 Å². The van der Waals surface area contributed by atoms with Crippen molar-refractivity contribution in [1.29, 1.82) is 0 Å². The van der Waals surface area contributed by atoms with Gasteiger partial charge in [-0.25, -0.2) is 0 Å². The van der Waals surface area contributed by atoms with Crippen LogP contribution in [0.4, 0.5) is 5.69 Å². The third-order valence-corrected chi connectivity index (χ3v) is 6.12. The van der Waals surface area contributed by atoms with Crippen molar-refractivity contribution in [2.24, 2.45) is 0 Å². The molecule has 6 heteroatoms. The number of ether oxygens (including phenoxy) is 1. The number of amides is 2. The molecule has 178 valence electrons. The van der Waals surface area contributed by atoms with E-state index in [1.165, 1.54) is 12.8 Å². The summed E-state index contributed by atoms with van der Waals surface area (Å²) in [5.74, 6) is 0.335. The Morgan fingerprint density at radius 1 is 0.882 bits per heavy atom. The molecule has 0 fully saturated rings. The van der Waals surface area contributed by atoms with Crippen LogP contribution >= 0.6 is 15.9 Å². The molecule has 0 aliphatic rings. The van der Waals surface area contributed by atoms with Gasteiger partial charge in [0.15, 0.2) is 0 Å². The maximum absolute atomic E-state index is 12.7. The Labute approximate surface area is 210 Å². The molecule has 0 saturated carbocycles. The zero-order valence-electron chi connectivity index (χ0n) is 19.6. The third kappa shape index (κ3) is 7.45. The summed E-state index contributed by atoms with van der Waals surface area (Å²) in [7, 11) is 0. The molecule has 0 aliphatic heterocycles. The average molecular weight is 523 g/mol. The maximum Gasteiger partial charge on any atom is 0.255 e. The quantitative estimate of drug-likeness (QED) is 0.262. The van der Waals surface area contributed by atoms with Crippen LogP contribution < -0.4 is 15.4 Å². The minimum atomic E-state index is -0.231. The van der Waals surface area contributed by atoms with Crippen molar-refractivity contribution in [3.05, 3.63) is 94.0 Å². The zero-order chi connectivity index (χ0) is 24.3. The van der Waals surface area contributed by atoms with E-state index in [0.717, 1.165) is 28.6 Å². The Balaban J connectivity index is 1.54. The van der Waals surface area contributed by atoms with Crippen molar-refractivity contribution >= 4 is 33.4 Å². The molecule has 3 rings (SSSR count). The van der Waals surface area contributed by atoms with E-state index >= 15 is 0 Å². The second kappa shape index (κ2) is 12.9. The monoisotopic (exact) mass is 522 g/mol. The zero-order valence-corrected chi connectivity index (χ0v) is 21.2. The SMILES string of the molecule is CCCCCCOc1ccc(C(=O)Nc2ccc(C(=O)NC(C)c3ccccc3)cc2)cc1Br. The fourth-order valence-electron chi connectivity index (χ4n) is 3.48. The summed E-state index contributed by atoms with van der Waals surface area (Å²) in [5.41, 5.74) is 2.71. The van der Waals surface area contributed by atoms with Gasteiger partial charge in [0.05, 0.1) is 17.1 Å². The molecule has 34 heavy (non-hydrogen) atoms. The number of carbonyl (C=O) groups excluding carboxylic acids is 2. The van der Waals surface area contributed by atoms with Crippen molar-refractivity contribution in [2.75, 3.05) is 11.9 Å². The fraction of sp³-hybridized carbons (Fsp3) is 0.286. The minimum absolute atomic E-state index is 0.102. The molecular weight excluding hydrogens is 492 g/mol. The molecule has 0 radical (unpaired) electrons. The van der Waals surface area contributed by atoms with Crippen molar-refractivity contribution in [2.45, 2.75) is 45.6 Å². The van der Waals surface area contributed by atoms with Crippen molar-refractivity contribution in [1.82, 2.24) is 5.32 Å². The Bertz CT molecular complexity index is 1080. The van der Waals surface area contributed by atoms with Gasteiger partial charge < -0.3 is 15.4 Å². The van der Waals surface area contributed by atoms with E-state index in [9.17, 15) is 9.59 Å². The molecule has 0 aromatic heterocycles. The molecule has 0 aliphatic carbocycles. The summed E-state index contributed by atoms with van der Waals surface area (Å²) in [5, 5.41) is 5.86. The number of hydrogen-bond donors (Lipinski definition) is 2. The highest BCUT2D eigenvalue weighted by Crippen LogP contribution is 2.27. The summed E-state index contributed by atoms with van der Waals surface area (Å²) in [6.45, 7) is 4.79. The van der Waals surface area contributed by atoms with Crippen LogP contribution in [0.3, 0.4) is 0 Å². The number of unbranched alkanes of at least 4 members (excludes halogenated alkanes) is 3. The molecule has 2 amide bonds. The van der Waals surface area contributed by atoms with Crippen LogP contribution in [0.5, 0.6) is 5.75 Å². The predicted molar refractivity (Wildman–Crippen MR) is 140 cm³/mol. The molecule has 0 saturated heterocycles. The topological polar surface area (TPSA) is 67.4 Å². The fourth-order valence-corrected chi connectivity index (χ4v) is 3.98. The number of halogens is 1. The van der Waals surface area contributed by atoms with Crippen LogP contribution in [0.1, 0.15) is 71.9 Å². The highest BCUT2D eigenvalue weighted by molar-refractivity contribution is 9.10. The van der Waals surface area contributed by atoms with E-state index < -0.39 is 0 Å². The van der Waals surface area contributed by atoms with Gasteiger partial charge in [0.1, 0.15) is 5.75 Å². The first-order valence-corrected chi connectivity index (χ1v) is 12.5. The lowest BCUT2D eigenvalue weighted by Crippen LogP contribution is -2.26. The van der Waals surface area contributed by atoms with Crippen LogP contribution in [0.2, 0.25) is 0 Å². The van der Waals surface area contributed by atoms with Gasteiger partial charge in [0.2, 0.25) is 0 Å². The highest BCUT2D eigenvalue weighted by atomic mass is 79.9. The molecule has 5 nitrogen and oxygen atoms in total. The first-order valence-electron chi connectivity index (χ1n) is 11.7. The standard InChI is InChI=1S/C28H31BrN2O3/c1-3-4-5-9-18-34-26-17-14-23(19-25(26)29)28(33)31-24-15-12-22(13-16-24)27(32)30-20(2)21-10-7-6-8-11-21/h6-8,10-17,19-20H,3-5,9,18H2,1-2H3,(H,30,32)(H,31,33). The third-order valence-electron chi connectivity index (χ3n) is 5.50. The van der Waals surface area contributed by atoms with Crippen molar-refractivity contribution in [3.8, 4) is 5.75 Å². The summed E-state index contributed by atoms with van der Waals surface area (Å²) in [6, 6.07) is 21.9. The van der Waals surface area contributed by atoms with Gasteiger partial charge in [-0.2, -0.15) is 0 Å². The number of anilines is 1. The van der Waals surface area contributed by atoms with Gasteiger partial charge in [-0.15, -0.1) is 0 Å². The molecule has 2 N–H and O–H groups in total. The highest BCUT2D eigenvalue weighted by Gasteiger charge is 2.13. The van der Waals surface area contributed by atoms with Crippen LogP contribution in [-0.2, 0) is 0 Å². The van der Waals surface area contributed by atoms with Gasteiger partial charge in [-0.1, -0.05) is 56.5 Å². The number of hydrogen-bond acceptors (Lipinski definition) is 3. The lowest BCUT2D eigenvalue weighted by Gasteiger charge is -2.14. The number of carbonyl (C=O) groups is 2. The Morgan fingerprint density at radius 3 is 2.26 bits per heavy atom. The Kier molecular flexibility index (Phi) is 9.71. The first-order chi connectivity index (χ1) is 16.5. The second-order valence-corrected chi connectivity index (χ2v) is 9.05. The van der Waals surface area contributed by atoms with Crippen LogP contribution in [0, 0.1) is 0 Å². The number of nitrogens with one attached hydrogen (secondary N) is 2. The smallest absolute Gasteiger partial charge is 0.255 e. The van der Waals surface area contributed by atoms with E-state index in [-0.39, 0.29) is 17.9 Å². The maximum atomic E-state index is 12.7. The number of benzene rings is 3. The lowest BCUT2D eigenvalue weighted by atomic mass is 10.1. The van der Waals surface area contributed by atoms with Gasteiger partial charge in [0.25, 0.3) is 11.8 Å². The van der Waals surface area contributed by atoms with Crippen LogP contribution in [-0.4, -0.2) is 18.4 Å². The largest absolute Gasteiger partial charge is 0.492 e. The van der Waals surface area contributed by atoms with E-state index in [4.69, 9.17) is 4.74 Å². The Hall–Kier alpha value is -3.12. The molecule has 0 heterocycles. The van der Waals surface area contributed by atoms with Crippen molar-refractivity contribution in [3.63, 3.8) is 0 Å². The summed E-state index contributed by atoms with van der Waals surface area (Å²) < 4.78 is 6.56. The molecule has 0 spiro atoms. The lowest BCUT2D eigenvalue weighted by molar-refractivity contribution is 0.0939. The molecule has 1 unspecified atom stereocenters. The summed E-state index contributed by atoms with van der Waals surface area (Å²) in [6.07, 6.45) is 4.57. The normalized spacial score (nSPS) is 11.5. The van der Waals surface area contributed by atoms with Gasteiger partial charge >= 0.3 is 0 Å². The molecule has 3 aromatic carbocycles. The first kappa shape index (κ1) is 25.5. The van der Waals surface area contributed by atoms with Crippen LogP contribution in [0.15, 0.2) is 77.3 Å². The second-order valence-electron chi connectivity index (χ2n) is 8.19. The summed E-state index contributed by atoms with van der Waals surface area (Å²) in [4.78, 5) is 25.2. The molecule has 3 aromatic rings. The van der Waals surface area contributed by atoms with E-state index in [1.807, 2.05) is 37.3 Å². The van der Waals surface area contributed by atoms with Gasteiger partial charge in [-0.3, -0.25) is 9.59 Å². The average Bonchev–Trinajstić information content (AvgIpc) is 2.85. The molecule has 1 atom stereocenters. The van der Waals surface area contributed by atoms with Crippen LogP contribution in [0.25, 0.3) is 0 Å². The van der Waals surface area contributed by atoms with Crippen molar-refractivity contribution < 1.29 is 14.3 Å². The molecule has 0 bridgehead atoms. The molecular formula is C28H31BrN2O3. The minimum Gasteiger partial charge on any atom is -0.492 e. The van der Waals surface area contributed by atoms with Gasteiger partial charge in [-0.05, 0) is 77.3 Å². The summed E-state index contributed by atoms with van der Waals surface area (Å²) >= 11 is 3.50. The van der Waals surface area contributed by atoms with E-state index in [0.29, 0.717) is 23.4 Å². The van der Waals surface area contributed by atoms with E-state index in [1.54, 1.807) is 42.5 Å². The predicted octanol–water partition coefficient (Wildman–Crippen LogP) is 7.15. The Morgan fingerprint density at radius 2 is 1.59 bits per heavy atom. The van der Waals surface area contributed by atoms with E-state index in [2.05, 4.69) is 33.5 Å².